The minimum absolute atomic E-state index is 0.00140. The molecule has 1 aliphatic rings. The number of hydrogen-bond donors (Lipinski definition) is 5. The Labute approximate surface area is 373 Å². The maximum atomic E-state index is 14.3. The molecule has 3 aromatic carbocycles. The molecule has 19 heteroatoms. The number of piperazine rings is 1. The van der Waals surface area contributed by atoms with E-state index in [9.17, 15) is 23.6 Å². The van der Waals surface area contributed by atoms with Crippen molar-refractivity contribution in [2.24, 2.45) is 0 Å². The van der Waals surface area contributed by atoms with Crippen LogP contribution in [0.3, 0.4) is 0 Å². The lowest BCUT2D eigenvalue weighted by molar-refractivity contribution is -0.165. The zero-order chi connectivity index (χ0) is 45.5. The Bertz CT molecular complexity index is 2320. The predicted octanol–water partition coefficient (Wildman–Crippen LogP) is 3.96. The van der Waals surface area contributed by atoms with Crippen LogP contribution in [0.1, 0.15) is 28.7 Å². The third kappa shape index (κ3) is 14.9. The number of likely N-dealkylation sites (N-methyl/N-ethyl adjacent to an activating group) is 1. The Balaban J connectivity index is 0.000000667. The summed E-state index contributed by atoms with van der Waals surface area (Å²) in [6.45, 7) is 6.03. The highest BCUT2D eigenvalue weighted by atomic mass is 35.5. The highest BCUT2D eigenvalue weighted by Gasteiger charge is 2.29. The van der Waals surface area contributed by atoms with Gasteiger partial charge in [0, 0.05) is 87.7 Å². The number of carboxylic acid groups (broad SMARTS) is 2. The quantitative estimate of drug-likeness (QED) is 0.0622. The molecule has 1 saturated heterocycles. The number of aliphatic hydroxyl groups is 2. The van der Waals surface area contributed by atoms with Gasteiger partial charge in [0.2, 0.25) is 11.9 Å². The van der Waals surface area contributed by atoms with E-state index < -0.39 is 24.1 Å². The fourth-order valence-corrected chi connectivity index (χ4v) is 7.47. The number of hydrogen-bond acceptors (Lipinski definition) is 13. The van der Waals surface area contributed by atoms with Gasteiger partial charge in [0.05, 0.1) is 0 Å². The summed E-state index contributed by atoms with van der Waals surface area (Å²) >= 11 is 7.45. The summed E-state index contributed by atoms with van der Waals surface area (Å²) in [5.74, 6) is -3.00. The van der Waals surface area contributed by atoms with E-state index in [0.29, 0.717) is 40.5 Å². The normalized spacial score (nSPS) is 13.9. The summed E-state index contributed by atoms with van der Waals surface area (Å²) in [7, 11) is 3.88. The predicted molar refractivity (Wildman–Crippen MR) is 237 cm³/mol. The average Bonchev–Trinajstić information content (AvgIpc) is 3.28. The van der Waals surface area contributed by atoms with Gasteiger partial charge in [-0.15, -0.1) is 0 Å². The standard InChI is InChI=1S/C40H44ClFN8O2S.C4H6O6/c1-43-39-44-23-31(24-45-39)22-34-26-50(40(46-38(34)52)53-28-30-6-14-36(42)15-7-30)27-37(51)49(17-3-16-48-20-18-47(2)19-21-48)25-29-4-8-32(9-5-29)33-10-12-35(41)13-11-33;5-1(3(7)8)2(6)4(9)10/h4-15,23-24,26H,3,16-22,25,27-28H2,1-2H3,(H,43,44,45);1-2,5-6H,(H,7,8)(H,9,10). The van der Waals surface area contributed by atoms with Crippen LogP contribution in [0.4, 0.5) is 10.3 Å². The lowest BCUT2D eigenvalue weighted by Gasteiger charge is -2.33. The van der Waals surface area contributed by atoms with Gasteiger partial charge in [0.25, 0.3) is 5.56 Å². The molecule has 0 radical (unpaired) electrons. The summed E-state index contributed by atoms with van der Waals surface area (Å²) in [4.78, 5) is 67.0. The Morgan fingerprint density at radius 2 is 1.43 bits per heavy atom. The van der Waals surface area contributed by atoms with Crippen molar-refractivity contribution in [2.75, 3.05) is 58.7 Å². The first-order chi connectivity index (χ1) is 30.2. The van der Waals surface area contributed by atoms with Gasteiger partial charge < -0.3 is 45.0 Å². The van der Waals surface area contributed by atoms with Gasteiger partial charge in [0.1, 0.15) is 12.4 Å². The van der Waals surface area contributed by atoms with Gasteiger partial charge in [-0.05, 0) is 72.1 Å². The highest BCUT2D eigenvalue weighted by molar-refractivity contribution is 7.98. The maximum absolute atomic E-state index is 14.3. The molecule has 1 aliphatic heterocycles. The molecule has 1 amide bonds. The number of anilines is 1. The topological polar surface area (TPSA) is 215 Å². The number of rotatable bonds is 18. The lowest BCUT2D eigenvalue weighted by atomic mass is 10.0. The zero-order valence-electron chi connectivity index (χ0n) is 34.8. The molecule has 6 rings (SSSR count). The van der Waals surface area contributed by atoms with Crippen LogP contribution in [0.25, 0.3) is 11.1 Å². The summed E-state index contributed by atoms with van der Waals surface area (Å²) in [5.41, 5.74) is 4.84. The van der Waals surface area contributed by atoms with Gasteiger partial charge in [0.15, 0.2) is 17.4 Å². The van der Waals surface area contributed by atoms with E-state index in [1.807, 2.05) is 29.2 Å². The molecule has 334 valence electrons. The molecule has 2 atom stereocenters. The first-order valence-corrected chi connectivity index (χ1v) is 21.4. The number of carbonyl (C=O) groups is 3. The number of thioether (sulfide) groups is 1. The summed E-state index contributed by atoms with van der Waals surface area (Å²) < 4.78 is 15.4. The van der Waals surface area contributed by atoms with Crippen LogP contribution in [-0.2, 0) is 39.6 Å². The van der Waals surface area contributed by atoms with Gasteiger partial charge in [-0.3, -0.25) is 9.59 Å². The zero-order valence-corrected chi connectivity index (χ0v) is 36.4. The van der Waals surface area contributed by atoms with Crippen LogP contribution < -0.4 is 10.9 Å². The van der Waals surface area contributed by atoms with Gasteiger partial charge >= 0.3 is 11.9 Å². The van der Waals surface area contributed by atoms with E-state index in [0.717, 1.165) is 67.0 Å². The average molecular weight is 905 g/mol. The van der Waals surface area contributed by atoms with Crippen LogP contribution in [0, 0.1) is 5.82 Å². The summed E-state index contributed by atoms with van der Waals surface area (Å²) in [6, 6.07) is 22.2. The number of carboxylic acids is 2. The molecule has 1 fully saturated rings. The van der Waals surface area contributed by atoms with Crippen LogP contribution in [0.15, 0.2) is 101 Å². The maximum Gasteiger partial charge on any atom is 0.335 e. The molecular weight excluding hydrogens is 855 g/mol. The smallest absolute Gasteiger partial charge is 0.335 e. The fourth-order valence-electron chi connectivity index (χ4n) is 6.42. The second-order valence-corrected chi connectivity index (χ2v) is 16.2. The van der Waals surface area contributed by atoms with Crippen LogP contribution in [0.2, 0.25) is 5.02 Å². The molecule has 0 spiro atoms. The van der Waals surface area contributed by atoms with Crippen molar-refractivity contribution in [3.63, 3.8) is 0 Å². The van der Waals surface area contributed by atoms with Crippen molar-refractivity contribution < 1.29 is 39.2 Å². The molecule has 3 heterocycles. The van der Waals surface area contributed by atoms with Crippen molar-refractivity contribution in [1.29, 1.82) is 0 Å². The van der Waals surface area contributed by atoms with Crippen molar-refractivity contribution in [3.8, 4) is 11.1 Å². The van der Waals surface area contributed by atoms with Crippen LogP contribution >= 0.6 is 23.4 Å². The Kier molecular flexibility index (Phi) is 18.1. The molecule has 2 unspecified atom stereocenters. The molecule has 0 aliphatic carbocycles. The van der Waals surface area contributed by atoms with E-state index in [1.165, 1.54) is 23.9 Å². The molecule has 16 nitrogen and oxygen atoms in total. The number of amides is 1. The Morgan fingerprint density at radius 1 is 0.857 bits per heavy atom. The molecule has 0 bridgehead atoms. The van der Waals surface area contributed by atoms with Gasteiger partial charge in [-0.1, -0.05) is 71.9 Å². The molecule has 5 N–H and O–H groups in total. The number of carbonyl (C=O) groups excluding carboxylic acids is 1. The van der Waals surface area contributed by atoms with E-state index in [4.69, 9.17) is 32.0 Å². The second-order valence-electron chi connectivity index (χ2n) is 14.8. The lowest BCUT2D eigenvalue weighted by Crippen LogP contribution is -2.45. The molecule has 0 saturated carbocycles. The number of aliphatic carboxylic acids is 2. The van der Waals surface area contributed by atoms with Gasteiger partial charge in [-0.25, -0.2) is 23.9 Å². The minimum Gasteiger partial charge on any atom is -0.479 e. The summed E-state index contributed by atoms with van der Waals surface area (Å²) in [6.07, 6.45) is 1.64. The second kappa shape index (κ2) is 23.6. The van der Waals surface area contributed by atoms with Crippen molar-refractivity contribution in [3.05, 3.63) is 135 Å². The molecule has 63 heavy (non-hydrogen) atoms. The van der Waals surface area contributed by atoms with E-state index in [2.05, 4.69) is 61.4 Å². The number of benzene rings is 3. The number of nitrogens with one attached hydrogen (secondary N) is 1. The van der Waals surface area contributed by atoms with E-state index in [-0.39, 0.29) is 30.2 Å². The van der Waals surface area contributed by atoms with Crippen LogP contribution in [0.5, 0.6) is 0 Å². The van der Waals surface area contributed by atoms with E-state index in [1.54, 1.807) is 42.3 Å². The number of aromatic nitrogens is 4. The monoisotopic (exact) mass is 904 g/mol. The molecule has 2 aromatic heterocycles. The largest absolute Gasteiger partial charge is 0.479 e. The molecule has 5 aromatic rings. The number of nitrogens with zero attached hydrogens (tertiary/aromatic N) is 7. The van der Waals surface area contributed by atoms with Crippen molar-refractivity contribution in [1.82, 2.24) is 34.2 Å². The Morgan fingerprint density at radius 3 is 2.00 bits per heavy atom. The van der Waals surface area contributed by atoms with Crippen molar-refractivity contribution in [2.45, 2.75) is 49.0 Å². The molecular formula is C44H50ClFN8O8S. The third-order valence-electron chi connectivity index (χ3n) is 10.1. The fraction of sp³-hybridized carbons (Fsp3) is 0.341. The van der Waals surface area contributed by atoms with Crippen molar-refractivity contribution >= 4 is 47.2 Å². The summed E-state index contributed by atoms with van der Waals surface area (Å²) in [5, 5.41) is 36.5. The van der Waals surface area contributed by atoms with Gasteiger partial charge in [-0.2, -0.15) is 4.98 Å². The first-order valence-electron chi connectivity index (χ1n) is 20.0. The SMILES string of the molecule is CNc1ncc(Cc2cn(CC(=O)N(CCCN3CCN(C)CC3)Cc3ccc(-c4ccc(Cl)cc4)cc3)c(SCc3ccc(F)cc3)nc2=O)cn1.O=C(O)C(O)C(O)C(=O)O. The number of halogens is 2. The first kappa shape index (κ1) is 48.3. The van der Waals surface area contributed by atoms with Crippen LogP contribution in [-0.4, -0.2) is 138 Å². The highest BCUT2D eigenvalue weighted by Crippen LogP contribution is 2.24. The van der Waals surface area contributed by atoms with E-state index >= 15 is 0 Å². The minimum atomic E-state index is -2.27. The third-order valence-corrected chi connectivity index (χ3v) is 11.4. The Hall–Kier alpha value is -5.76. The number of aliphatic hydroxyl groups excluding tert-OH is 2.